The third kappa shape index (κ3) is 2.48. The standard InChI is InChI=1S/C13H16N2O/c1-10-6-2-3-7-11(10)14-15-12-8-4-5-9-13(12)16/h2-3,6-7,14H,4-5,8-9H2,1H3/b15-12-. The Labute approximate surface area is 95.6 Å². The van der Waals surface area contributed by atoms with Gasteiger partial charge in [-0.05, 0) is 37.8 Å². The van der Waals surface area contributed by atoms with Crippen LogP contribution in [0.1, 0.15) is 31.2 Å². The van der Waals surface area contributed by atoms with E-state index >= 15 is 0 Å². The second-order valence-electron chi connectivity index (χ2n) is 4.12. The fraction of sp³-hybridized carbons (Fsp3) is 0.385. The molecule has 0 aromatic heterocycles. The van der Waals surface area contributed by atoms with Crippen LogP contribution in [0.15, 0.2) is 29.4 Å². The molecule has 0 saturated heterocycles. The van der Waals surface area contributed by atoms with Crippen molar-refractivity contribution in [1.29, 1.82) is 0 Å². The molecule has 3 heteroatoms. The number of benzene rings is 1. The lowest BCUT2D eigenvalue weighted by molar-refractivity contribution is -0.113. The second kappa shape index (κ2) is 4.92. The molecule has 1 aliphatic rings. The van der Waals surface area contributed by atoms with Gasteiger partial charge in [0.1, 0.15) is 5.71 Å². The number of hydrazone groups is 1. The Morgan fingerprint density at radius 3 is 2.69 bits per heavy atom. The summed E-state index contributed by atoms with van der Waals surface area (Å²) in [6, 6.07) is 7.93. The lowest BCUT2D eigenvalue weighted by Crippen LogP contribution is -2.19. The van der Waals surface area contributed by atoms with Gasteiger partial charge in [-0.1, -0.05) is 18.2 Å². The molecule has 0 heterocycles. The van der Waals surface area contributed by atoms with Crippen LogP contribution < -0.4 is 5.43 Å². The van der Waals surface area contributed by atoms with Gasteiger partial charge in [0, 0.05) is 6.42 Å². The first kappa shape index (κ1) is 10.9. The van der Waals surface area contributed by atoms with Crippen molar-refractivity contribution in [2.75, 3.05) is 5.43 Å². The molecule has 1 aromatic rings. The second-order valence-corrected chi connectivity index (χ2v) is 4.12. The molecular formula is C13H16N2O. The zero-order valence-corrected chi connectivity index (χ0v) is 9.49. The fourth-order valence-corrected chi connectivity index (χ4v) is 1.81. The van der Waals surface area contributed by atoms with E-state index < -0.39 is 0 Å². The largest absolute Gasteiger partial charge is 0.293 e. The number of para-hydroxylation sites is 1. The van der Waals surface area contributed by atoms with Crippen LogP contribution in [-0.4, -0.2) is 11.5 Å². The Kier molecular flexibility index (Phi) is 3.34. The predicted octanol–water partition coefficient (Wildman–Crippen LogP) is 2.91. The number of aryl methyl sites for hydroxylation is 1. The van der Waals surface area contributed by atoms with Gasteiger partial charge in [-0.3, -0.25) is 10.2 Å². The Hall–Kier alpha value is -1.64. The van der Waals surface area contributed by atoms with Crippen molar-refractivity contribution in [3.63, 3.8) is 0 Å². The number of ketones is 1. The number of carbonyl (C=O) groups is 1. The molecule has 0 atom stereocenters. The Balaban J connectivity index is 2.08. The molecular weight excluding hydrogens is 200 g/mol. The van der Waals surface area contributed by atoms with E-state index in [2.05, 4.69) is 10.5 Å². The molecule has 0 radical (unpaired) electrons. The minimum absolute atomic E-state index is 0.187. The number of anilines is 1. The van der Waals surface area contributed by atoms with Crippen molar-refractivity contribution in [2.24, 2.45) is 5.10 Å². The molecule has 1 N–H and O–H groups in total. The maximum atomic E-state index is 11.5. The minimum atomic E-state index is 0.187. The van der Waals surface area contributed by atoms with E-state index in [4.69, 9.17) is 0 Å². The number of nitrogens with one attached hydrogen (secondary N) is 1. The molecule has 84 valence electrons. The quantitative estimate of drug-likeness (QED) is 0.772. The van der Waals surface area contributed by atoms with Gasteiger partial charge in [0.15, 0.2) is 5.78 Å². The molecule has 3 nitrogen and oxygen atoms in total. The van der Waals surface area contributed by atoms with Crippen LogP contribution in [0, 0.1) is 6.92 Å². The smallest absolute Gasteiger partial charge is 0.178 e. The van der Waals surface area contributed by atoms with Crippen LogP contribution in [0.25, 0.3) is 0 Å². The summed E-state index contributed by atoms with van der Waals surface area (Å²) in [6.45, 7) is 2.02. The first-order valence-corrected chi connectivity index (χ1v) is 5.69. The number of nitrogens with zero attached hydrogens (tertiary/aromatic N) is 1. The first-order chi connectivity index (χ1) is 7.77. The van der Waals surface area contributed by atoms with Gasteiger partial charge >= 0.3 is 0 Å². The van der Waals surface area contributed by atoms with E-state index in [1.807, 2.05) is 31.2 Å². The Morgan fingerprint density at radius 1 is 1.19 bits per heavy atom. The summed E-state index contributed by atoms with van der Waals surface area (Å²) in [5.41, 5.74) is 5.77. The van der Waals surface area contributed by atoms with Gasteiger partial charge in [0.2, 0.25) is 0 Å². The van der Waals surface area contributed by atoms with Gasteiger partial charge in [0.05, 0.1) is 5.69 Å². The summed E-state index contributed by atoms with van der Waals surface area (Å²) in [5, 5.41) is 4.21. The van der Waals surface area contributed by atoms with E-state index in [9.17, 15) is 4.79 Å². The van der Waals surface area contributed by atoms with E-state index in [1.165, 1.54) is 0 Å². The number of Topliss-reactive ketones (excluding diaryl/α,β-unsaturated/α-hetero) is 1. The zero-order valence-electron chi connectivity index (χ0n) is 9.49. The van der Waals surface area contributed by atoms with E-state index in [0.717, 1.165) is 30.5 Å². The number of rotatable bonds is 2. The van der Waals surface area contributed by atoms with Crippen molar-refractivity contribution in [2.45, 2.75) is 32.6 Å². The van der Waals surface area contributed by atoms with E-state index in [0.29, 0.717) is 12.1 Å². The zero-order chi connectivity index (χ0) is 11.4. The number of carbonyl (C=O) groups excluding carboxylic acids is 1. The monoisotopic (exact) mass is 216 g/mol. The summed E-state index contributed by atoms with van der Waals surface area (Å²) < 4.78 is 0. The molecule has 0 spiro atoms. The highest BCUT2D eigenvalue weighted by atomic mass is 16.1. The van der Waals surface area contributed by atoms with Gasteiger partial charge in [-0.25, -0.2) is 0 Å². The third-order valence-electron chi connectivity index (χ3n) is 2.85. The van der Waals surface area contributed by atoms with Crippen LogP contribution in [0.4, 0.5) is 5.69 Å². The average Bonchev–Trinajstić information content (AvgIpc) is 2.30. The summed E-state index contributed by atoms with van der Waals surface area (Å²) in [5.74, 6) is 0.187. The Morgan fingerprint density at radius 2 is 1.94 bits per heavy atom. The minimum Gasteiger partial charge on any atom is -0.293 e. The maximum Gasteiger partial charge on any atom is 0.178 e. The van der Waals surface area contributed by atoms with Gasteiger partial charge in [-0.2, -0.15) is 5.10 Å². The van der Waals surface area contributed by atoms with E-state index in [1.54, 1.807) is 0 Å². The molecule has 1 saturated carbocycles. The molecule has 1 aliphatic carbocycles. The fourth-order valence-electron chi connectivity index (χ4n) is 1.81. The van der Waals surface area contributed by atoms with Crippen LogP contribution in [0.5, 0.6) is 0 Å². The Bertz CT molecular complexity index is 424. The molecule has 0 aliphatic heterocycles. The highest BCUT2D eigenvalue weighted by molar-refractivity contribution is 6.40. The molecule has 0 bridgehead atoms. The number of hydrogen-bond donors (Lipinski definition) is 1. The normalized spacial score (nSPS) is 18.8. The molecule has 2 rings (SSSR count). The molecule has 1 aromatic carbocycles. The van der Waals surface area contributed by atoms with Crippen LogP contribution in [0.2, 0.25) is 0 Å². The highest BCUT2D eigenvalue weighted by Crippen LogP contribution is 2.15. The molecule has 0 amide bonds. The lowest BCUT2D eigenvalue weighted by atomic mass is 9.97. The lowest BCUT2D eigenvalue weighted by Gasteiger charge is -2.12. The summed E-state index contributed by atoms with van der Waals surface area (Å²) in [7, 11) is 0. The summed E-state index contributed by atoms with van der Waals surface area (Å²) >= 11 is 0. The van der Waals surface area contributed by atoms with Crippen LogP contribution >= 0.6 is 0 Å². The number of hydrogen-bond acceptors (Lipinski definition) is 3. The molecule has 0 unspecified atom stereocenters. The summed E-state index contributed by atoms with van der Waals surface area (Å²) in [6.07, 6.45) is 3.52. The van der Waals surface area contributed by atoms with Crippen molar-refractivity contribution in [3.05, 3.63) is 29.8 Å². The predicted molar refractivity (Wildman–Crippen MR) is 65.7 cm³/mol. The van der Waals surface area contributed by atoms with Gasteiger partial charge in [0.25, 0.3) is 0 Å². The van der Waals surface area contributed by atoms with Crippen molar-refractivity contribution in [3.8, 4) is 0 Å². The van der Waals surface area contributed by atoms with Crippen molar-refractivity contribution < 1.29 is 4.79 Å². The maximum absolute atomic E-state index is 11.5. The average molecular weight is 216 g/mol. The topological polar surface area (TPSA) is 41.5 Å². The van der Waals surface area contributed by atoms with Crippen molar-refractivity contribution >= 4 is 17.2 Å². The first-order valence-electron chi connectivity index (χ1n) is 5.69. The van der Waals surface area contributed by atoms with Crippen LogP contribution in [-0.2, 0) is 4.79 Å². The molecule has 1 fully saturated rings. The van der Waals surface area contributed by atoms with Crippen molar-refractivity contribution in [1.82, 2.24) is 0 Å². The molecule has 16 heavy (non-hydrogen) atoms. The van der Waals surface area contributed by atoms with Crippen LogP contribution in [0.3, 0.4) is 0 Å². The van der Waals surface area contributed by atoms with E-state index in [-0.39, 0.29) is 5.78 Å². The SMILES string of the molecule is Cc1ccccc1N/N=C1/CCCCC1=O. The third-order valence-corrected chi connectivity index (χ3v) is 2.85. The highest BCUT2D eigenvalue weighted by Gasteiger charge is 2.16. The van der Waals surface area contributed by atoms with Gasteiger partial charge < -0.3 is 0 Å². The van der Waals surface area contributed by atoms with Gasteiger partial charge in [-0.15, -0.1) is 0 Å². The summed E-state index contributed by atoms with van der Waals surface area (Å²) in [4.78, 5) is 11.5.